The fourth-order valence-electron chi connectivity index (χ4n) is 2.04. The van der Waals surface area contributed by atoms with Gasteiger partial charge in [-0.15, -0.1) is 0 Å². The minimum absolute atomic E-state index is 0.0215. The Balaban J connectivity index is 2.26. The van der Waals surface area contributed by atoms with Gasteiger partial charge in [0.15, 0.2) is 11.5 Å². The van der Waals surface area contributed by atoms with Gasteiger partial charge in [-0.25, -0.2) is 4.98 Å². The number of pyridine rings is 1. The molecule has 0 aliphatic heterocycles. The van der Waals surface area contributed by atoms with Gasteiger partial charge in [0.25, 0.3) is 5.91 Å². The Hall–Kier alpha value is -2.97. The number of benzene rings is 1. The lowest BCUT2D eigenvalue weighted by atomic mass is 10.1. The van der Waals surface area contributed by atoms with Crippen molar-refractivity contribution in [2.75, 3.05) is 26.6 Å². The molecule has 1 aromatic heterocycles. The molecule has 2 rings (SSSR count). The standard InChI is InChI=1S/C16H15F3N2O4/c1-23-11-6-9(7-12(24-2)14(11)25-3)15(22)21-13-5-4-10(8-20-13)16(17,18)19/h4-8H,1-3H3,(H,20,21,22). The monoisotopic (exact) mass is 356 g/mol. The van der Waals surface area contributed by atoms with Crippen LogP contribution in [0.25, 0.3) is 0 Å². The highest BCUT2D eigenvalue weighted by molar-refractivity contribution is 6.04. The van der Waals surface area contributed by atoms with E-state index in [4.69, 9.17) is 14.2 Å². The molecule has 1 amide bonds. The average molecular weight is 356 g/mol. The number of halogens is 3. The summed E-state index contributed by atoms with van der Waals surface area (Å²) < 4.78 is 53.0. The van der Waals surface area contributed by atoms with E-state index in [9.17, 15) is 18.0 Å². The highest BCUT2D eigenvalue weighted by atomic mass is 19.4. The summed E-state index contributed by atoms with van der Waals surface area (Å²) >= 11 is 0. The highest BCUT2D eigenvalue weighted by Crippen LogP contribution is 2.38. The molecule has 0 atom stereocenters. The molecule has 0 radical (unpaired) electrons. The predicted octanol–water partition coefficient (Wildman–Crippen LogP) is 3.38. The van der Waals surface area contributed by atoms with Crippen LogP contribution < -0.4 is 19.5 Å². The number of nitrogens with one attached hydrogen (secondary N) is 1. The van der Waals surface area contributed by atoms with Crippen LogP contribution in [-0.4, -0.2) is 32.2 Å². The molecule has 0 aliphatic rings. The number of carbonyl (C=O) groups excluding carboxylic acids is 1. The molecule has 1 aromatic carbocycles. The number of carbonyl (C=O) groups is 1. The molecular weight excluding hydrogens is 341 g/mol. The maximum atomic E-state index is 12.5. The lowest BCUT2D eigenvalue weighted by Gasteiger charge is -2.14. The molecule has 0 spiro atoms. The highest BCUT2D eigenvalue weighted by Gasteiger charge is 2.30. The first-order valence-corrected chi connectivity index (χ1v) is 6.94. The topological polar surface area (TPSA) is 69.7 Å². The summed E-state index contributed by atoms with van der Waals surface area (Å²) in [5.41, 5.74) is -0.741. The largest absolute Gasteiger partial charge is 0.493 e. The van der Waals surface area contributed by atoms with Crippen LogP contribution in [0.3, 0.4) is 0 Å². The molecule has 0 aliphatic carbocycles. The molecule has 2 aromatic rings. The summed E-state index contributed by atoms with van der Waals surface area (Å²) in [5.74, 6) is 0.243. The third-order valence-electron chi connectivity index (χ3n) is 3.26. The van der Waals surface area contributed by atoms with Gasteiger partial charge in [0.2, 0.25) is 5.75 Å². The Morgan fingerprint density at radius 3 is 2.04 bits per heavy atom. The second-order valence-corrected chi connectivity index (χ2v) is 4.80. The number of anilines is 1. The molecule has 0 bridgehead atoms. The Morgan fingerprint density at radius 1 is 1.04 bits per heavy atom. The van der Waals surface area contributed by atoms with Crippen LogP contribution >= 0.6 is 0 Å². The SMILES string of the molecule is COc1cc(C(=O)Nc2ccc(C(F)(F)F)cn2)cc(OC)c1OC. The van der Waals surface area contributed by atoms with Crippen molar-refractivity contribution in [1.82, 2.24) is 4.98 Å². The van der Waals surface area contributed by atoms with Gasteiger partial charge in [-0.05, 0) is 24.3 Å². The second kappa shape index (κ2) is 7.29. The minimum atomic E-state index is -4.49. The normalized spacial score (nSPS) is 11.0. The number of ether oxygens (including phenoxy) is 3. The lowest BCUT2D eigenvalue weighted by molar-refractivity contribution is -0.137. The van der Waals surface area contributed by atoms with Crippen molar-refractivity contribution in [3.63, 3.8) is 0 Å². The Morgan fingerprint density at radius 2 is 1.64 bits per heavy atom. The Kier molecular flexibility index (Phi) is 5.35. The second-order valence-electron chi connectivity index (χ2n) is 4.80. The molecule has 6 nitrogen and oxygen atoms in total. The fraction of sp³-hybridized carbons (Fsp3) is 0.250. The number of hydrogen-bond acceptors (Lipinski definition) is 5. The Bertz CT molecular complexity index is 736. The van der Waals surface area contributed by atoms with Crippen LogP contribution in [0.2, 0.25) is 0 Å². The zero-order chi connectivity index (χ0) is 18.6. The summed E-state index contributed by atoms with van der Waals surface area (Å²) in [6.45, 7) is 0. The van der Waals surface area contributed by atoms with Gasteiger partial charge >= 0.3 is 6.18 Å². The van der Waals surface area contributed by atoms with E-state index in [0.29, 0.717) is 11.9 Å². The van der Waals surface area contributed by atoms with Crippen LogP contribution in [0.4, 0.5) is 19.0 Å². The molecule has 25 heavy (non-hydrogen) atoms. The summed E-state index contributed by atoms with van der Waals surface area (Å²) in [6.07, 6.45) is -3.85. The zero-order valence-corrected chi connectivity index (χ0v) is 13.6. The summed E-state index contributed by atoms with van der Waals surface area (Å²) in [5, 5.41) is 2.41. The number of aromatic nitrogens is 1. The van der Waals surface area contributed by atoms with Crippen LogP contribution in [0.15, 0.2) is 30.5 Å². The van der Waals surface area contributed by atoms with E-state index in [1.54, 1.807) is 0 Å². The first kappa shape index (κ1) is 18.4. The summed E-state index contributed by atoms with van der Waals surface area (Å²) in [7, 11) is 4.22. The number of alkyl halides is 3. The van der Waals surface area contributed by atoms with E-state index in [2.05, 4.69) is 10.3 Å². The summed E-state index contributed by atoms with van der Waals surface area (Å²) in [4.78, 5) is 15.9. The van der Waals surface area contributed by atoms with Crippen LogP contribution in [0.1, 0.15) is 15.9 Å². The minimum Gasteiger partial charge on any atom is -0.493 e. The van der Waals surface area contributed by atoms with Crippen LogP contribution in [-0.2, 0) is 6.18 Å². The van der Waals surface area contributed by atoms with Crippen molar-refractivity contribution >= 4 is 11.7 Å². The summed E-state index contributed by atoms with van der Waals surface area (Å²) in [6, 6.07) is 4.73. The fourth-order valence-corrected chi connectivity index (χ4v) is 2.04. The van der Waals surface area contributed by atoms with Gasteiger partial charge in [-0.2, -0.15) is 13.2 Å². The molecular formula is C16H15F3N2O4. The van der Waals surface area contributed by atoms with E-state index in [0.717, 1.165) is 12.1 Å². The number of hydrogen-bond donors (Lipinski definition) is 1. The number of amides is 1. The quantitative estimate of drug-likeness (QED) is 0.889. The molecule has 0 fully saturated rings. The maximum Gasteiger partial charge on any atom is 0.417 e. The molecule has 0 saturated carbocycles. The van der Waals surface area contributed by atoms with Crippen LogP contribution in [0.5, 0.6) is 17.2 Å². The third-order valence-corrected chi connectivity index (χ3v) is 3.26. The van der Waals surface area contributed by atoms with Gasteiger partial charge < -0.3 is 19.5 Å². The van der Waals surface area contributed by atoms with E-state index in [1.165, 1.54) is 33.5 Å². The first-order chi connectivity index (χ1) is 11.8. The van der Waals surface area contributed by atoms with Crippen molar-refractivity contribution < 1.29 is 32.2 Å². The molecule has 134 valence electrons. The maximum absolute atomic E-state index is 12.5. The van der Waals surface area contributed by atoms with Crippen molar-refractivity contribution in [3.05, 3.63) is 41.6 Å². The van der Waals surface area contributed by atoms with E-state index < -0.39 is 17.6 Å². The smallest absolute Gasteiger partial charge is 0.417 e. The van der Waals surface area contributed by atoms with E-state index >= 15 is 0 Å². The Labute approximate surface area is 141 Å². The van der Waals surface area contributed by atoms with E-state index in [-0.39, 0.29) is 22.9 Å². The van der Waals surface area contributed by atoms with Gasteiger partial charge in [0.05, 0.1) is 26.9 Å². The molecule has 1 N–H and O–H groups in total. The van der Waals surface area contributed by atoms with Crippen molar-refractivity contribution in [3.8, 4) is 17.2 Å². The molecule has 9 heteroatoms. The van der Waals surface area contributed by atoms with Crippen molar-refractivity contribution in [2.45, 2.75) is 6.18 Å². The lowest BCUT2D eigenvalue weighted by Crippen LogP contribution is -2.14. The van der Waals surface area contributed by atoms with Gasteiger partial charge in [-0.3, -0.25) is 4.79 Å². The zero-order valence-electron chi connectivity index (χ0n) is 13.6. The number of nitrogens with zero attached hydrogens (tertiary/aromatic N) is 1. The predicted molar refractivity (Wildman–Crippen MR) is 83.3 cm³/mol. The van der Waals surface area contributed by atoms with Gasteiger partial charge in [-0.1, -0.05) is 0 Å². The van der Waals surface area contributed by atoms with Gasteiger partial charge in [0.1, 0.15) is 5.82 Å². The van der Waals surface area contributed by atoms with Crippen molar-refractivity contribution in [2.24, 2.45) is 0 Å². The number of methoxy groups -OCH3 is 3. The van der Waals surface area contributed by atoms with Crippen LogP contribution in [0, 0.1) is 0 Å². The third kappa shape index (κ3) is 4.11. The van der Waals surface area contributed by atoms with Crippen molar-refractivity contribution in [1.29, 1.82) is 0 Å². The average Bonchev–Trinajstić information content (AvgIpc) is 2.59. The number of rotatable bonds is 5. The van der Waals surface area contributed by atoms with Gasteiger partial charge in [0, 0.05) is 11.8 Å². The molecule has 0 unspecified atom stereocenters. The first-order valence-electron chi connectivity index (χ1n) is 6.94. The molecule has 1 heterocycles. The molecule has 0 saturated heterocycles. The van der Waals surface area contributed by atoms with E-state index in [1.807, 2.05) is 0 Å².